The zero-order chi connectivity index (χ0) is 15.0. The Bertz CT molecular complexity index is 599. The molecule has 21 heavy (non-hydrogen) atoms. The molecule has 2 heterocycles. The number of ether oxygens (including phenoxy) is 1. The number of rotatable bonds is 1. The third kappa shape index (κ3) is 2.92. The SMILES string of the molecule is CC1CN(C(=O)C2=Cc3cc(Cl)ccc3OC2)CCC1O. The number of carbonyl (C=O) groups is 1. The maximum atomic E-state index is 12.6. The molecule has 2 aliphatic rings. The lowest BCUT2D eigenvalue weighted by Gasteiger charge is -2.35. The van der Waals surface area contributed by atoms with Gasteiger partial charge in [0.1, 0.15) is 12.4 Å². The van der Waals surface area contributed by atoms with Crippen molar-refractivity contribution in [1.29, 1.82) is 0 Å². The molecule has 3 rings (SSSR count). The second-order valence-electron chi connectivity index (χ2n) is 5.72. The van der Waals surface area contributed by atoms with E-state index in [1.807, 2.05) is 19.1 Å². The minimum absolute atomic E-state index is 0.0145. The standard InChI is InChI=1S/C16H18ClNO3/c1-10-8-18(5-4-14(10)19)16(20)12-6-11-7-13(17)2-3-15(11)21-9-12/h2-3,6-7,10,14,19H,4-5,8-9H2,1H3. The number of aliphatic hydroxyl groups excluding tert-OH is 1. The Morgan fingerprint density at radius 2 is 2.29 bits per heavy atom. The third-order valence-electron chi connectivity index (χ3n) is 4.11. The van der Waals surface area contributed by atoms with E-state index in [1.54, 1.807) is 17.0 Å². The van der Waals surface area contributed by atoms with Crippen molar-refractivity contribution in [2.45, 2.75) is 19.4 Å². The Labute approximate surface area is 129 Å². The first-order valence-electron chi connectivity index (χ1n) is 7.15. The quantitative estimate of drug-likeness (QED) is 0.866. The number of fused-ring (bicyclic) bond motifs is 1. The number of carbonyl (C=O) groups excluding carboxylic acids is 1. The lowest BCUT2D eigenvalue weighted by atomic mass is 9.96. The van der Waals surface area contributed by atoms with Crippen LogP contribution in [0, 0.1) is 5.92 Å². The maximum Gasteiger partial charge on any atom is 0.253 e. The number of halogens is 1. The summed E-state index contributed by atoms with van der Waals surface area (Å²) < 4.78 is 5.63. The highest BCUT2D eigenvalue weighted by Crippen LogP contribution is 2.30. The molecule has 1 saturated heterocycles. The van der Waals surface area contributed by atoms with Gasteiger partial charge in [-0.25, -0.2) is 0 Å². The predicted octanol–water partition coefficient (Wildman–Crippen LogP) is 2.35. The summed E-state index contributed by atoms with van der Waals surface area (Å²) in [4.78, 5) is 14.4. The molecule has 1 aromatic rings. The van der Waals surface area contributed by atoms with Crippen molar-refractivity contribution in [1.82, 2.24) is 4.90 Å². The van der Waals surface area contributed by atoms with Crippen LogP contribution < -0.4 is 4.74 Å². The Morgan fingerprint density at radius 1 is 1.48 bits per heavy atom. The first-order chi connectivity index (χ1) is 10.0. The van der Waals surface area contributed by atoms with Gasteiger partial charge in [0.2, 0.25) is 0 Å². The van der Waals surface area contributed by atoms with Crippen LogP contribution in [0.5, 0.6) is 5.75 Å². The molecule has 2 unspecified atom stereocenters. The topological polar surface area (TPSA) is 49.8 Å². The van der Waals surface area contributed by atoms with Gasteiger partial charge < -0.3 is 14.7 Å². The van der Waals surface area contributed by atoms with Crippen LogP contribution in [0.3, 0.4) is 0 Å². The molecule has 1 amide bonds. The molecule has 1 fully saturated rings. The number of amides is 1. The molecule has 1 aromatic carbocycles. The van der Waals surface area contributed by atoms with Gasteiger partial charge in [-0.1, -0.05) is 18.5 Å². The zero-order valence-corrected chi connectivity index (χ0v) is 12.6. The summed E-state index contributed by atoms with van der Waals surface area (Å²) in [6, 6.07) is 5.38. The first-order valence-corrected chi connectivity index (χ1v) is 7.52. The van der Waals surface area contributed by atoms with Crippen molar-refractivity contribution in [3.05, 3.63) is 34.4 Å². The van der Waals surface area contributed by atoms with Gasteiger partial charge in [-0.3, -0.25) is 4.79 Å². The zero-order valence-electron chi connectivity index (χ0n) is 11.9. The summed E-state index contributed by atoms with van der Waals surface area (Å²) in [7, 11) is 0. The van der Waals surface area contributed by atoms with Gasteiger partial charge in [0.15, 0.2) is 0 Å². The number of piperidine rings is 1. The fraction of sp³-hybridized carbons (Fsp3) is 0.438. The first kappa shape index (κ1) is 14.4. The van der Waals surface area contributed by atoms with Gasteiger partial charge in [-0.2, -0.15) is 0 Å². The van der Waals surface area contributed by atoms with Crippen molar-refractivity contribution in [3.8, 4) is 5.75 Å². The molecule has 0 radical (unpaired) electrons. The highest BCUT2D eigenvalue weighted by Gasteiger charge is 2.29. The average molecular weight is 308 g/mol. The van der Waals surface area contributed by atoms with E-state index in [-0.39, 0.29) is 24.5 Å². The van der Waals surface area contributed by atoms with Crippen molar-refractivity contribution in [3.63, 3.8) is 0 Å². The summed E-state index contributed by atoms with van der Waals surface area (Å²) in [5, 5.41) is 10.4. The van der Waals surface area contributed by atoms with E-state index >= 15 is 0 Å². The molecule has 0 aliphatic carbocycles. The largest absolute Gasteiger partial charge is 0.488 e. The second-order valence-corrected chi connectivity index (χ2v) is 6.16. The van der Waals surface area contributed by atoms with Gasteiger partial charge in [-0.05, 0) is 36.6 Å². The molecule has 0 aromatic heterocycles. The van der Waals surface area contributed by atoms with Crippen molar-refractivity contribution >= 4 is 23.6 Å². The molecule has 112 valence electrons. The van der Waals surface area contributed by atoms with Gasteiger partial charge in [0.25, 0.3) is 5.91 Å². The summed E-state index contributed by atoms with van der Waals surface area (Å²) >= 11 is 5.98. The fourth-order valence-corrected chi connectivity index (χ4v) is 2.97. The van der Waals surface area contributed by atoms with Crippen LogP contribution in [-0.2, 0) is 4.79 Å². The number of hydrogen-bond donors (Lipinski definition) is 1. The van der Waals surface area contributed by atoms with Gasteiger partial charge in [0.05, 0.1) is 11.7 Å². The van der Waals surface area contributed by atoms with Crippen LogP contribution in [0.25, 0.3) is 6.08 Å². The van der Waals surface area contributed by atoms with E-state index in [0.717, 1.165) is 11.3 Å². The predicted molar refractivity (Wildman–Crippen MR) is 81.3 cm³/mol. The normalized spacial score (nSPS) is 24.9. The molecule has 2 atom stereocenters. The highest BCUT2D eigenvalue weighted by molar-refractivity contribution is 6.30. The monoisotopic (exact) mass is 307 g/mol. The molecule has 0 bridgehead atoms. The minimum atomic E-state index is -0.315. The number of likely N-dealkylation sites (tertiary alicyclic amines) is 1. The van der Waals surface area contributed by atoms with E-state index in [1.165, 1.54) is 0 Å². The Kier molecular flexibility index (Phi) is 3.91. The van der Waals surface area contributed by atoms with E-state index in [4.69, 9.17) is 16.3 Å². The molecule has 1 N–H and O–H groups in total. The van der Waals surface area contributed by atoms with Crippen LogP contribution in [0.2, 0.25) is 5.02 Å². The minimum Gasteiger partial charge on any atom is -0.488 e. The number of aliphatic hydroxyl groups is 1. The molecule has 4 nitrogen and oxygen atoms in total. The number of nitrogens with zero attached hydrogens (tertiary/aromatic N) is 1. The fourth-order valence-electron chi connectivity index (χ4n) is 2.79. The summed E-state index contributed by atoms with van der Waals surface area (Å²) in [6.45, 7) is 3.41. The summed E-state index contributed by atoms with van der Waals surface area (Å²) in [5.41, 5.74) is 1.47. The molecule has 2 aliphatic heterocycles. The van der Waals surface area contributed by atoms with Crippen LogP contribution in [0.1, 0.15) is 18.9 Å². The molecule has 0 saturated carbocycles. The highest BCUT2D eigenvalue weighted by atomic mass is 35.5. The van der Waals surface area contributed by atoms with E-state index in [0.29, 0.717) is 30.1 Å². The summed E-state index contributed by atoms with van der Waals surface area (Å²) in [6.07, 6.45) is 2.16. The molecular weight excluding hydrogens is 290 g/mol. The van der Waals surface area contributed by atoms with Crippen molar-refractivity contribution in [2.75, 3.05) is 19.7 Å². The van der Waals surface area contributed by atoms with Gasteiger partial charge >= 0.3 is 0 Å². The molecule has 0 spiro atoms. The average Bonchev–Trinajstić information content (AvgIpc) is 2.48. The maximum absolute atomic E-state index is 12.6. The van der Waals surface area contributed by atoms with Crippen molar-refractivity contribution < 1.29 is 14.6 Å². The van der Waals surface area contributed by atoms with Crippen LogP contribution in [0.15, 0.2) is 23.8 Å². The van der Waals surface area contributed by atoms with E-state index in [9.17, 15) is 9.90 Å². The summed E-state index contributed by atoms with van der Waals surface area (Å²) in [5.74, 6) is 0.840. The molecular formula is C16H18ClNO3. The Morgan fingerprint density at radius 3 is 3.05 bits per heavy atom. The number of hydrogen-bond acceptors (Lipinski definition) is 3. The van der Waals surface area contributed by atoms with E-state index in [2.05, 4.69) is 0 Å². The van der Waals surface area contributed by atoms with E-state index < -0.39 is 0 Å². The smallest absolute Gasteiger partial charge is 0.253 e. The van der Waals surface area contributed by atoms with Crippen molar-refractivity contribution in [2.24, 2.45) is 5.92 Å². The van der Waals surface area contributed by atoms with Crippen LogP contribution >= 0.6 is 11.6 Å². The molecule has 5 heteroatoms. The van der Waals surface area contributed by atoms with Gasteiger partial charge in [0, 0.05) is 23.7 Å². The van der Waals surface area contributed by atoms with Crippen LogP contribution in [0.4, 0.5) is 0 Å². The number of benzene rings is 1. The van der Waals surface area contributed by atoms with Gasteiger partial charge in [-0.15, -0.1) is 0 Å². The lowest BCUT2D eigenvalue weighted by molar-refractivity contribution is -0.130. The Balaban J connectivity index is 1.80. The Hall–Kier alpha value is -1.52. The second kappa shape index (κ2) is 5.70. The lowest BCUT2D eigenvalue weighted by Crippen LogP contribution is -2.46. The van der Waals surface area contributed by atoms with Crippen LogP contribution in [-0.4, -0.2) is 41.7 Å². The third-order valence-corrected chi connectivity index (χ3v) is 4.34.